The normalized spacial score (nSPS) is 16.6. The highest BCUT2D eigenvalue weighted by Gasteiger charge is 2.41. The fraction of sp³-hybridized carbons (Fsp3) is 0.385. The summed E-state index contributed by atoms with van der Waals surface area (Å²) in [6, 6.07) is 5.23. The van der Waals surface area contributed by atoms with Crippen LogP contribution in [0.3, 0.4) is 0 Å². The molecule has 1 aliphatic rings. The van der Waals surface area contributed by atoms with E-state index < -0.39 is 17.5 Å². The molecule has 0 aromatic heterocycles. The Labute approximate surface area is 124 Å². The first kappa shape index (κ1) is 14.8. The molecule has 0 atom stereocenters. The van der Waals surface area contributed by atoms with Gasteiger partial charge in [-0.25, -0.2) is 4.79 Å². The number of nitrogens with zero attached hydrogens (tertiary/aromatic N) is 1. The summed E-state index contributed by atoms with van der Waals surface area (Å²) >= 11 is 3.36. The highest BCUT2D eigenvalue weighted by atomic mass is 79.9. The van der Waals surface area contributed by atoms with Crippen LogP contribution in [0.2, 0.25) is 0 Å². The Morgan fingerprint density at radius 2 is 2.15 bits per heavy atom. The van der Waals surface area contributed by atoms with E-state index >= 15 is 0 Å². The third-order valence-electron chi connectivity index (χ3n) is 3.16. The standard InChI is InChI=1S/C13H15BrN2O4/c1-13(20-5-11(17)18)6-16(7-13)10-4-8(14)2-3-9(10)12(15)19/h2-4H,5-7H2,1H3,(H2,15,19)(H,17,18). The largest absolute Gasteiger partial charge is 0.480 e. The zero-order valence-corrected chi connectivity index (χ0v) is 12.5. The van der Waals surface area contributed by atoms with Gasteiger partial charge in [0, 0.05) is 17.6 Å². The summed E-state index contributed by atoms with van der Waals surface area (Å²) in [6.45, 7) is 2.54. The molecular formula is C13H15BrN2O4. The lowest BCUT2D eigenvalue weighted by molar-refractivity contribution is -0.150. The van der Waals surface area contributed by atoms with E-state index in [-0.39, 0.29) is 6.61 Å². The summed E-state index contributed by atoms with van der Waals surface area (Å²) < 4.78 is 6.19. The molecule has 3 N–H and O–H groups in total. The van der Waals surface area contributed by atoms with Crippen molar-refractivity contribution >= 4 is 33.5 Å². The van der Waals surface area contributed by atoms with Crippen LogP contribution in [0.4, 0.5) is 5.69 Å². The molecule has 2 rings (SSSR count). The van der Waals surface area contributed by atoms with E-state index in [1.54, 1.807) is 12.1 Å². The van der Waals surface area contributed by atoms with Gasteiger partial charge in [-0.15, -0.1) is 0 Å². The van der Waals surface area contributed by atoms with Crippen LogP contribution in [-0.2, 0) is 9.53 Å². The summed E-state index contributed by atoms with van der Waals surface area (Å²) in [6.07, 6.45) is 0. The molecule has 1 heterocycles. The Hall–Kier alpha value is -1.60. The molecular weight excluding hydrogens is 328 g/mol. The van der Waals surface area contributed by atoms with E-state index in [4.69, 9.17) is 15.6 Å². The maximum Gasteiger partial charge on any atom is 0.329 e. The minimum atomic E-state index is -0.995. The van der Waals surface area contributed by atoms with Gasteiger partial charge in [0.1, 0.15) is 12.2 Å². The molecule has 6 nitrogen and oxygen atoms in total. The van der Waals surface area contributed by atoms with Crippen molar-refractivity contribution in [3.63, 3.8) is 0 Å². The molecule has 0 spiro atoms. The number of amides is 1. The molecule has 108 valence electrons. The van der Waals surface area contributed by atoms with Crippen LogP contribution in [0.25, 0.3) is 0 Å². The summed E-state index contributed by atoms with van der Waals surface area (Å²) in [5, 5.41) is 8.63. The molecule has 1 aromatic rings. The first-order valence-corrected chi connectivity index (χ1v) is 6.80. The number of hydrogen-bond donors (Lipinski definition) is 2. The maximum absolute atomic E-state index is 11.4. The molecule has 1 aromatic carbocycles. The molecule has 0 bridgehead atoms. The third kappa shape index (κ3) is 3.10. The Morgan fingerprint density at radius 1 is 1.50 bits per heavy atom. The Kier molecular flexibility index (Phi) is 4.01. The first-order valence-electron chi connectivity index (χ1n) is 6.01. The van der Waals surface area contributed by atoms with Gasteiger partial charge >= 0.3 is 5.97 Å². The number of halogens is 1. The molecule has 20 heavy (non-hydrogen) atoms. The molecule has 0 unspecified atom stereocenters. The average molecular weight is 343 g/mol. The van der Waals surface area contributed by atoms with Crippen molar-refractivity contribution in [2.24, 2.45) is 5.73 Å². The van der Waals surface area contributed by atoms with Crippen molar-refractivity contribution < 1.29 is 19.4 Å². The van der Waals surface area contributed by atoms with Crippen LogP contribution in [0.1, 0.15) is 17.3 Å². The van der Waals surface area contributed by atoms with E-state index in [2.05, 4.69) is 15.9 Å². The minimum Gasteiger partial charge on any atom is -0.480 e. The SMILES string of the molecule is CC1(OCC(=O)O)CN(c2cc(Br)ccc2C(N)=O)C1. The fourth-order valence-electron chi connectivity index (χ4n) is 2.23. The number of ether oxygens (including phenoxy) is 1. The predicted octanol–water partition coefficient (Wildman–Crippen LogP) is 1.23. The van der Waals surface area contributed by atoms with Crippen molar-refractivity contribution in [2.45, 2.75) is 12.5 Å². The number of carbonyl (C=O) groups is 2. The van der Waals surface area contributed by atoms with Gasteiger partial charge in [0.05, 0.1) is 11.3 Å². The summed E-state index contributed by atoms with van der Waals surface area (Å²) in [4.78, 5) is 23.9. The van der Waals surface area contributed by atoms with Crippen molar-refractivity contribution in [1.29, 1.82) is 0 Å². The fourth-order valence-corrected chi connectivity index (χ4v) is 2.58. The number of carboxylic acid groups (broad SMARTS) is 1. The molecule has 1 amide bonds. The van der Waals surface area contributed by atoms with Gasteiger partial charge in [0.25, 0.3) is 5.91 Å². The zero-order chi connectivity index (χ0) is 14.9. The predicted molar refractivity (Wildman–Crippen MR) is 76.9 cm³/mol. The lowest BCUT2D eigenvalue weighted by atomic mass is 9.94. The van der Waals surface area contributed by atoms with Crippen LogP contribution in [0, 0.1) is 0 Å². The van der Waals surface area contributed by atoms with Crippen LogP contribution in [-0.4, -0.2) is 42.3 Å². The van der Waals surface area contributed by atoms with Crippen molar-refractivity contribution in [1.82, 2.24) is 0 Å². The monoisotopic (exact) mass is 342 g/mol. The van der Waals surface area contributed by atoms with E-state index in [1.807, 2.05) is 17.9 Å². The number of carboxylic acids is 1. The van der Waals surface area contributed by atoms with E-state index in [0.29, 0.717) is 18.7 Å². The lowest BCUT2D eigenvalue weighted by Crippen LogP contribution is -2.62. The smallest absolute Gasteiger partial charge is 0.329 e. The summed E-state index contributed by atoms with van der Waals surface area (Å²) in [5.74, 6) is -1.49. The van der Waals surface area contributed by atoms with Crippen LogP contribution >= 0.6 is 15.9 Å². The van der Waals surface area contributed by atoms with Gasteiger partial charge in [-0.3, -0.25) is 4.79 Å². The van der Waals surface area contributed by atoms with Gasteiger partial charge in [-0.2, -0.15) is 0 Å². The first-order chi connectivity index (χ1) is 9.31. The van der Waals surface area contributed by atoms with Crippen LogP contribution in [0.5, 0.6) is 0 Å². The number of primary amides is 1. The number of anilines is 1. The quantitative estimate of drug-likeness (QED) is 0.839. The summed E-state index contributed by atoms with van der Waals surface area (Å²) in [7, 11) is 0. The second-order valence-corrected chi connectivity index (χ2v) is 5.93. The third-order valence-corrected chi connectivity index (χ3v) is 3.65. The van der Waals surface area contributed by atoms with Crippen LogP contribution < -0.4 is 10.6 Å². The van der Waals surface area contributed by atoms with Gasteiger partial charge in [0.2, 0.25) is 0 Å². The molecule has 0 saturated carbocycles. The molecule has 1 fully saturated rings. The number of aliphatic carboxylic acids is 1. The van der Waals surface area contributed by atoms with Gasteiger partial charge < -0.3 is 20.5 Å². The Balaban J connectivity index is 2.10. The molecule has 7 heteroatoms. The van der Waals surface area contributed by atoms with Gasteiger partial charge in [-0.05, 0) is 25.1 Å². The average Bonchev–Trinajstić information content (AvgIpc) is 2.32. The number of nitrogens with two attached hydrogens (primary N) is 1. The Bertz CT molecular complexity index is 555. The Morgan fingerprint density at radius 3 is 2.70 bits per heavy atom. The van der Waals surface area contributed by atoms with Crippen molar-refractivity contribution in [3.8, 4) is 0 Å². The minimum absolute atomic E-state index is 0.328. The zero-order valence-electron chi connectivity index (χ0n) is 10.9. The second-order valence-electron chi connectivity index (χ2n) is 5.01. The summed E-state index contributed by atoms with van der Waals surface area (Å²) in [5.41, 5.74) is 6.00. The molecule has 0 aliphatic carbocycles. The lowest BCUT2D eigenvalue weighted by Gasteiger charge is -2.49. The number of carbonyl (C=O) groups excluding carboxylic acids is 1. The number of rotatable bonds is 5. The topological polar surface area (TPSA) is 92.9 Å². The van der Waals surface area contributed by atoms with E-state index in [0.717, 1.165) is 10.2 Å². The van der Waals surface area contributed by atoms with Crippen LogP contribution in [0.15, 0.2) is 22.7 Å². The van der Waals surface area contributed by atoms with Crippen molar-refractivity contribution in [3.05, 3.63) is 28.2 Å². The maximum atomic E-state index is 11.4. The van der Waals surface area contributed by atoms with Crippen molar-refractivity contribution in [2.75, 3.05) is 24.6 Å². The van der Waals surface area contributed by atoms with Gasteiger partial charge in [0.15, 0.2) is 0 Å². The number of hydrogen-bond acceptors (Lipinski definition) is 4. The van der Waals surface area contributed by atoms with E-state index in [9.17, 15) is 9.59 Å². The van der Waals surface area contributed by atoms with Gasteiger partial charge in [-0.1, -0.05) is 15.9 Å². The molecule has 1 aliphatic heterocycles. The second kappa shape index (κ2) is 5.41. The highest BCUT2D eigenvalue weighted by Crippen LogP contribution is 2.34. The number of benzene rings is 1. The molecule has 0 radical (unpaired) electrons. The van der Waals surface area contributed by atoms with E-state index in [1.165, 1.54) is 0 Å². The molecule has 1 saturated heterocycles. The highest BCUT2D eigenvalue weighted by molar-refractivity contribution is 9.10.